The lowest BCUT2D eigenvalue weighted by Crippen LogP contribution is -2.42. The van der Waals surface area contributed by atoms with Gasteiger partial charge in [0.15, 0.2) is 17.3 Å². The highest BCUT2D eigenvalue weighted by Gasteiger charge is 2.42. The third kappa shape index (κ3) is 5.26. The number of rotatable bonds is 6. The first-order valence-corrected chi connectivity index (χ1v) is 13.5. The number of ether oxygens (including phenoxy) is 1. The fourth-order valence-corrected chi connectivity index (χ4v) is 5.61. The standard InChI is InChI=1S/C32H32FN3O3/c1-32(2)17-25-30(27(37)18-32)31(20-12-15-23(33)28(16-20)39-22-8-4-3-5-9-22)36(19-29(38)34-21-13-14-21)26-11-7-6-10-24(26)35-25/h3-12,15-16,21,31,35H,13-14,17-19H2,1-2H3,(H,34,38). The lowest BCUT2D eigenvalue weighted by molar-refractivity contribution is -0.120. The Morgan fingerprint density at radius 1 is 1.05 bits per heavy atom. The zero-order valence-corrected chi connectivity index (χ0v) is 22.2. The van der Waals surface area contributed by atoms with Crippen molar-refractivity contribution in [3.8, 4) is 11.5 Å². The van der Waals surface area contributed by atoms with Crippen LogP contribution in [0.4, 0.5) is 15.8 Å². The number of ketones is 1. The minimum Gasteiger partial charge on any atom is -0.454 e. The van der Waals surface area contributed by atoms with Crippen LogP contribution in [-0.2, 0) is 9.59 Å². The van der Waals surface area contributed by atoms with Crippen molar-refractivity contribution in [3.05, 3.63) is 95.4 Å². The molecular formula is C32H32FN3O3. The Kier molecular flexibility index (Phi) is 6.37. The number of allylic oxidation sites excluding steroid dienone is 1. The summed E-state index contributed by atoms with van der Waals surface area (Å²) < 4.78 is 20.9. The number of para-hydroxylation sites is 3. The molecule has 1 aliphatic heterocycles. The van der Waals surface area contributed by atoms with Crippen LogP contribution in [0.15, 0.2) is 84.1 Å². The molecule has 3 aromatic rings. The summed E-state index contributed by atoms with van der Waals surface area (Å²) in [6.45, 7) is 4.24. The quantitative estimate of drug-likeness (QED) is 0.384. The molecule has 2 aliphatic carbocycles. The average Bonchev–Trinajstić information content (AvgIpc) is 3.72. The van der Waals surface area contributed by atoms with E-state index >= 15 is 4.39 Å². The molecule has 1 fully saturated rings. The van der Waals surface area contributed by atoms with E-state index in [4.69, 9.17) is 4.74 Å². The van der Waals surface area contributed by atoms with Crippen LogP contribution in [0.5, 0.6) is 11.5 Å². The second kappa shape index (κ2) is 9.88. The van der Waals surface area contributed by atoms with Crippen molar-refractivity contribution >= 4 is 23.1 Å². The van der Waals surface area contributed by atoms with Gasteiger partial charge in [-0.15, -0.1) is 0 Å². The summed E-state index contributed by atoms with van der Waals surface area (Å²) in [5.74, 6) is -0.00490. The van der Waals surface area contributed by atoms with E-state index < -0.39 is 11.9 Å². The molecule has 6 rings (SSSR count). The van der Waals surface area contributed by atoms with E-state index in [1.165, 1.54) is 6.07 Å². The van der Waals surface area contributed by atoms with Gasteiger partial charge in [-0.2, -0.15) is 0 Å². The van der Waals surface area contributed by atoms with Crippen LogP contribution in [0.1, 0.15) is 51.1 Å². The molecule has 3 aromatic carbocycles. The molecule has 200 valence electrons. The number of hydrogen-bond acceptors (Lipinski definition) is 5. The van der Waals surface area contributed by atoms with Gasteiger partial charge in [0.2, 0.25) is 5.91 Å². The molecule has 1 amide bonds. The van der Waals surface area contributed by atoms with Crippen molar-refractivity contribution < 1.29 is 18.7 Å². The number of hydrogen-bond donors (Lipinski definition) is 2. The van der Waals surface area contributed by atoms with E-state index in [1.807, 2.05) is 47.4 Å². The van der Waals surface area contributed by atoms with Gasteiger partial charge < -0.3 is 20.3 Å². The summed E-state index contributed by atoms with van der Waals surface area (Å²) in [6, 6.07) is 21.1. The zero-order valence-electron chi connectivity index (χ0n) is 22.2. The normalized spacial score (nSPS) is 19.9. The highest BCUT2D eigenvalue weighted by molar-refractivity contribution is 6.02. The van der Waals surface area contributed by atoms with Crippen LogP contribution >= 0.6 is 0 Å². The third-order valence-electron chi connectivity index (χ3n) is 7.50. The Morgan fingerprint density at radius 2 is 1.79 bits per heavy atom. The maximum absolute atomic E-state index is 15.0. The van der Waals surface area contributed by atoms with Crippen molar-refractivity contribution in [2.24, 2.45) is 5.41 Å². The predicted molar refractivity (Wildman–Crippen MR) is 149 cm³/mol. The topological polar surface area (TPSA) is 70.7 Å². The lowest BCUT2D eigenvalue weighted by atomic mass is 9.73. The van der Waals surface area contributed by atoms with Gasteiger partial charge in [0.25, 0.3) is 0 Å². The van der Waals surface area contributed by atoms with Gasteiger partial charge in [-0.05, 0) is 66.6 Å². The van der Waals surface area contributed by atoms with Gasteiger partial charge in [0, 0.05) is 23.7 Å². The number of benzene rings is 3. The number of nitrogens with zero attached hydrogens (tertiary/aromatic N) is 1. The summed E-state index contributed by atoms with van der Waals surface area (Å²) in [4.78, 5) is 29.0. The minimum absolute atomic E-state index is 0.0222. The lowest BCUT2D eigenvalue weighted by Gasteiger charge is -2.38. The Hall–Kier alpha value is -4.13. The second-order valence-corrected chi connectivity index (χ2v) is 11.5. The monoisotopic (exact) mass is 525 g/mol. The van der Waals surface area contributed by atoms with Crippen LogP contribution in [-0.4, -0.2) is 24.3 Å². The molecule has 39 heavy (non-hydrogen) atoms. The Morgan fingerprint density at radius 3 is 2.56 bits per heavy atom. The number of Topliss-reactive ketones (excluding diaryl/α,β-unsaturated/α-hetero) is 1. The maximum Gasteiger partial charge on any atom is 0.239 e. The highest BCUT2D eigenvalue weighted by atomic mass is 19.1. The summed E-state index contributed by atoms with van der Waals surface area (Å²) >= 11 is 0. The first-order valence-electron chi connectivity index (χ1n) is 13.5. The molecule has 2 N–H and O–H groups in total. The molecule has 3 aliphatic rings. The molecule has 7 heteroatoms. The van der Waals surface area contributed by atoms with Gasteiger partial charge >= 0.3 is 0 Å². The highest BCUT2D eigenvalue weighted by Crippen LogP contribution is 2.48. The van der Waals surface area contributed by atoms with Crippen molar-refractivity contribution in [1.82, 2.24) is 5.32 Å². The Bertz CT molecular complexity index is 1460. The molecule has 0 saturated heterocycles. The fraction of sp³-hybridized carbons (Fsp3) is 0.312. The SMILES string of the molecule is CC1(C)CC(=O)C2=C(C1)Nc1ccccc1N(CC(=O)NC1CC1)C2c1ccc(F)c(Oc2ccccc2)c1. The van der Waals surface area contributed by atoms with Gasteiger partial charge in [-0.1, -0.05) is 50.2 Å². The first-order chi connectivity index (χ1) is 18.8. The minimum atomic E-state index is -0.608. The third-order valence-corrected chi connectivity index (χ3v) is 7.50. The largest absolute Gasteiger partial charge is 0.454 e. The predicted octanol–water partition coefficient (Wildman–Crippen LogP) is 6.51. The van der Waals surface area contributed by atoms with Crippen molar-refractivity contribution in [2.75, 3.05) is 16.8 Å². The van der Waals surface area contributed by atoms with Gasteiger partial charge in [-0.3, -0.25) is 9.59 Å². The molecule has 1 unspecified atom stereocenters. The summed E-state index contributed by atoms with van der Waals surface area (Å²) in [7, 11) is 0. The molecule has 6 nitrogen and oxygen atoms in total. The molecule has 0 radical (unpaired) electrons. The Balaban J connectivity index is 1.50. The number of carbonyl (C=O) groups is 2. The summed E-state index contributed by atoms with van der Waals surface area (Å²) in [5, 5.41) is 6.64. The molecule has 1 heterocycles. The van der Waals surface area contributed by atoms with Crippen LogP contribution in [0, 0.1) is 11.2 Å². The fourth-order valence-electron chi connectivity index (χ4n) is 5.61. The van der Waals surface area contributed by atoms with E-state index in [0.717, 1.165) is 29.9 Å². The van der Waals surface area contributed by atoms with Crippen LogP contribution in [0.25, 0.3) is 0 Å². The average molecular weight is 526 g/mol. The maximum atomic E-state index is 15.0. The summed E-state index contributed by atoms with van der Waals surface area (Å²) in [5.41, 5.74) is 3.56. The van der Waals surface area contributed by atoms with Gasteiger partial charge in [-0.25, -0.2) is 4.39 Å². The number of anilines is 2. The summed E-state index contributed by atoms with van der Waals surface area (Å²) in [6.07, 6.45) is 3.02. The van der Waals surface area contributed by atoms with Crippen LogP contribution in [0.2, 0.25) is 0 Å². The molecule has 0 aromatic heterocycles. The van der Waals surface area contributed by atoms with Crippen LogP contribution < -0.4 is 20.3 Å². The molecular weight excluding hydrogens is 493 g/mol. The van der Waals surface area contributed by atoms with Gasteiger partial charge in [0.05, 0.1) is 24.0 Å². The van der Waals surface area contributed by atoms with Gasteiger partial charge in [0.1, 0.15) is 5.75 Å². The van der Waals surface area contributed by atoms with E-state index in [9.17, 15) is 9.59 Å². The molecule has 1 saturated carbocycles. The van der Waals surface area contributed by atoms with E-state index in [1.54, 1.807) is 24.3 Å². The second-order valence-electron chi connectivity index (χ2n) is 11.5. The van der Waals surface area contributed by atoms with Crippen molar-refractivity contribution in [3.63, 3.8) is 0 Å². The van der Waals surface area contributed by atoms with Crippen LogP contribution in [0.3, 0.4) is 0 Å². The number of amides is 1. The van der Waals surface area contributed by atoms with E-state index in [0.29, 0.717) is 29.7 Å². The Labute approximate surface area is 227 Å². The van der Waals surface area contributed by atoms with E-state index in [2.05, 4.69) is 24.5 Å². The molecule has 0 spiro atoms. The number of nitrogens with one attached hydrogen (secondary N) is 2. The van der Waals surface area contributed by atoms with E-state index in [-0.39, 0.29) is 35.4 Å². The zero-order chi connectivity index (χ0) is 27.1. The number of halogens is 1. The molecule has 1 atom stereocenters. The number of carbonyl (C=O) groups excluding carboxylic acids is 2. The first kappa shape index (κ1) is 25.2. The van der Waals surface area contributed by atoms with Crippen molar-refractivity contribution in [2.45, 2.75) is 51.6 Å². The number of fused-ring (bicyclic) bond motifs is 1. The molecule has 0 bridgehead atoms. The van der Waals surface area contributed by atoms with Crippen molar-refractivity contribution in [1.29, 1.82) is 0 Å². The smallest absolute Gasteiger partial charge is 0.239 e.